The highest BCUT2D eigenvalue weighted by molar-refractivity contribution is 5.24. The molecule has 96 valence electrons. The van der Waals surface area contributed by atoms with Crippen LogP contribution in [0.5, 0.6) is 0 Å². The molecule has 1 atom stereocenters. The Morgan fingerprint density at radius 2 is 2.00 bits per heavy atom. The van der Waals surface area contributed by atoms with E-state index in [9.17, 15) is 10.1 Å². The van der Waals surface area contributed by atoms with Gasteiger partial charge in [-0.25, -0.2) is 4.79 Å². The van der Waals surface area contributed by atoms with Gasteiger partial charge in [0.1, 0.15) is 0 Å². The second-order valence-electron chi connectivity index (χ2n) is 4.52. The Morgan fingerprint density at radius 1 is 1.32 bits per heavy atom. The molecule has 0 radical (unpaired) electrons. The van der Waals surface area contributed by atoms with E-state index in [0.717, 1.165) is 11.3 Å². The zero-order valence-corrected chi connectivity index (χ0v) is 11.0. The maximum atomic E-state index is 11.9. The first-order chi connectivity index (χ1) is 9.11. The molecule has 0 aliphatic heterocycles. The van der Waals surface area contributed by atoms with E-state index in [1.54, 1.807) is 11.5 Å². The molecular formula is C15H15N3O. The third-order valence-corrected chi connectivity index (χ3v) is 3.07. The SMILES string of the molecule is Cc1cc(C)n(CC(C#N)c2ccccc2)c(=O)n1. The lowest BCUT2D eigenvalue weighted by Gasteiger charge is -2.14. The maximum Gasteiger partial charge on any atom is 0.348 e. The predicted molar refractivity (Wildman–Crippen MR) is 72.8 cm³/mol. The molecule has 0 N–H and O–H groups in total. The first-order valence-corrected chi connectivity index (χ1v) is 6.11. The average Bonchev–Trinajstić information content (AvgIpc) is 2.39. The molecule has 1 heterocycles. The van der Waals surface area contributed by atoms with Gasteiger partial charge in [-0.2, -0.15) is 10.2 Å². The van der Waals surface area contributed by atoms with Crippen molar-refractivity contribution in [2.24, 2.45) is 0 Å². The van der Waals surface area contributed by atoms with Crippen molar-refractivity contribution in [1.82, 2.24) is 9.55 Å². The standard InChI is InChI=1S/C15H15N3O/c1-11-8-12(2)18(15(19)17-11)10-14(9-16)13-6-4-3-5-7-13/h3-8,14H,10H2,1-2H3. The zero-order chi connectivity index (χ0) is 13.8. The Morgan fingerprint density at radius 3 is 2.58 bits per heavy atom. The predicted octanol–water partition coefficient (Wildman–Crippen LogP) is 2.17. The van der Waals surface area contributed by atoms with Crippen molar-refractivity contribution >= 4 is 0 Å². The van der Waals surface area contributed by atoms with Gasteiger partial charge in [0.2, 0.25) is 0 Å². The highest BCUT2D eigenvalue weighted by atomic mass is 16.1. The molecule has 0 fully saturated rings. The van der Waals surface area contributed by atoms with Crippen molar-refractivity contribution < 1.29 is 0 Å². The summed E-state index contributed by atoms with van der Waals surface area (Å²) in [5, 5.41) is 9.29. The van der Waals surface area contributed by atoms with Crippen LogP contribution >= 0.6 is 0 Å². The Balaban J connectivity index is 2.36. The van der Waals surface area contributed by atoms with E-state index in [2.05, 4.69) is 11.1 Å². The van der Waals surface area contributed by atoms with Crippen LogP contribution in [0.25, 0.3) is 0 Å². The molecule has 0 amide bonds. The molecule has 2 rings (SSSR count). The molecule has 0 saturated carbocycles. The highest BCUT2D eigenvalue weighted by Crippen LogP contribution is 2.16. The van der Waals surface area contributed by atoms with Gasteiger partial charge in [0, 0.05) is 17.9 Å². The molecule has 4 heteroatoms. The van der Waals surface area contributed by atoms with Crippen LogP contribution in [-0.2, 0) is 6.54 Å². The van der Waals surface area contributed by atoms with Gasteiger partial charge < -0.3 is 0 Å². The maximum absolute atomic E-state index is 11.9. The van der Waals surface area contributed by atoms with Crippen molar-refractivity contribution in [2.75, 3.05) is 0 Å². The largest absolute Gasteiger partial charge is 0.348 e. The fourth-order valence-electron chi connectivity index (χ4n) is 2.09. The van der Waals surface area contributed by atoms with Crippen molar-refractivity contribution in [2.45, 2.75) is 26.3 Å². The summed E-state index contributed by atoms with van der Waals surface area (Å²) in [5.41, 5.74) is 2.14. The lowest BCUT2D eigenvalue weighted by atomic mass is 10.0. The van der Waals surface area contributed by atoms with Crippen LogP contribution in [0.4, 0.5) is 0 Å². The van der Waals surface area contributed by atoms with Crippen LogP contribution in [0.15, 0.2) is 41.2 Å². The lowest BCUT2D eigenvalue weighted by molar-refractivity contribution is 0.590. The van der Waals surface area contributed by atoms with Gasteiger partial charge in [-0.1, -0.05) is 30.3 Å². The smallest absolute Gasteiger partial charge is 0.295 e. The quantitative estimate of drug-likeness (QED) is 0.842. The Hall–Kier alpha value is -2.41. The van der Waals surface area contributed by atoms with Gasteiger partial charge in [-0.05, 0) is 25.5 Å². The van der Waals surface area contributed by atoms with E-state index >= 15 is 0 Å². The molecule has 1 unspecified atom stereocenters. The summed E-state index contributed by atoms with van der Waals surface area (Å²) >= 11 is 0. The van der Waals surface area contributed by atoms with Crippen LogP contribution in [-0.4, -0.2) is 9.55 Å². The Labute approximate surface area is 112 Å². The molecule has 4 nitrogen and oxygen atoms in total. The number of hydrogen-bond donors (Lipinski definition) is 0. The van der Waals surface area contributed by atoms with Gasteiger partial charge >= 0.3 is 5.69 Å². The first-order valence-electron chi connectivity index (χ1n) is 6.11. The summed E-state index contributed by atoms with van der Waals surface area (Å²) in [6.45, 7) is 3.98. The van der Waals surface area contributed by atoms with E-state index in [1.807, 2.05) is 43.3 Å². The second-order valence-corrected chi connectivity index (χ2v) is 4.52. The molecule has 19 heavy (non-hydrogen) atoms. The topological polar surface area (TPSA) is 58.7 Å². The number of aryl methyl sites for hydroxylation is 2. The number of nitriles is 1. The second kappa shape index (κ2) is 5.49. The molecule has 0 aliphatic rings. The van der Waals surface area contributed by atoms with Crippen molar-refractivity contribution in [3.8, 4) is 6.07 Å². The summed E-state index contributed by atoms with van der Waals surface area (Å²) < 4.78 is 1.55. The van der Waals surface area contributed by atoms with Gasteiger partial charge in [0.15, 0.2) is 0 Å². The molecule has 1 aromatic heterocycles. The van der Waals surface area contributed by atoms with Crippen molar-refractivity contribution in [3.63, 3.8) is 0 Å². The van der Waals surface area contributed by atoms with E-state index in [4.69, 9.17) is 0 Å². The highest BCUT2D eigenvalue weighted by Gasteiger charge is 2.13. The van der Waals surface area contributed by atoms with Crippen LogP contribution < -0.4 is 5.69 Å². The lowest BCUT2D eigenvalue weighted by Crippen LogP contribution is -2.27. The Kier molecular flexibility index (Phi) is 3.76. The minimum atomic E-state index is -0.345. The zero-order valence-electron chi connectivity index (χ0n) is 11.0. The minimum absolute atomic E-state index is 0.298. The van der Waals surface area contributed by atoms with Gasteiger partial charge in [-0.3, -0.25) is 4.57 Å². The van der Waals surface area contributed by atoms with Crippen LogP contribution in [0.3, 0.4) is 0 Å². The van der Waals surface area contributed by atoms with Crippen LogP contribution in [0.1, 0.15) is 22.9 Å². The summed E-state index contributed by atoms with van der Waals surface area (Å²) in [4.78, 5) is 15.8. The van der Waals surface area contributed by atoms with Gasteiger partial charge in [0.05, 0.1) is 12.0 Å². The molecule has 0 spiro atoms. The minimum Gasteiger partial charge on any atom is -0.295 e. The number of hydrogen-bond acceptors (Lipinski definition) is 3. The molecule has 0 saturated heterocycles. The summed E-state index contributed by atoms with van der Waals surface area (Å²) in [6, 6.07) is 13.6. The number of rotatable bonds is 3. The average molecular weight is 253 g/mol. The molecule has 0 aliphatic carbocycles. The molecule has 0 bridgehead atoms. The number of benzene rings is 1. The molecule has 2 aromatic rings. The first kappa shape index (κ1) is 13.0. The fraction of sp³-hybridized carbons (Fsp3) is 0.267. The summed E-state index contributed by atoms with van der Waals surface area (Å²) in [5.74, 6) is -0.345. The number of nitrogens with zero attached hydrogens (tertiary/aromatic N) is 3. The van der Waals surface area contributed by atoms with E-state index in [1.165, 1.54) is 0 Å². The van der Waals surface area contributed by atoms with Gasteiger partial charge in [-0.15, -0.1) is 0 Å². The Bertz CT molecular complexity index is 668. The summed E-state index contributed by atoms with van der Waals surface area (Å²) in [7, 11) is 0. The van der Waals surface area contributed by atoms with Crippen molar-refractivity contribution in [1.29, 1.82) is 5.26 Å². The van der Waals surface area contributed by atoms with E-state index in [-0.39, 0.29) is 11.6 Å². The van der Waals surface area contributed by atoms with E-state index in [0.29, 0.717) is 12.2 Å². The van der Waals surface area contributed by atoms with Crippen LogP contribution in [0, 0.1) is 25.2 Å². The summed E-state index contributed by atoms with van der Waals surface area (Å²) in [6.07, 6.45) is 0. The van der Waals surface area contributed by atoms with Crippen molar-refractivity contribution in [3.05, 3.63) is 63.8 Å². The van der Waals surface area contributed by atoms with E-state index < -0.39 is 0 Å². The third kappa shape index (κ3) is 2.89. The van der Waals surface area contributed by atoms with Crippen LogP contribution in [0.2, 0.25) is 0 Å². The monoisotopic (exact) mass is 253 g/mol. The molecular weight excluding hydrogens is 238 g/mol. The normalized spacial score (nSPS) is 11.8. The molecule has 1 aromatic carbocycles. The van der Waals surface area contributed by atoms with Gasteiger partial charge in [0.25, 0.3) is 0 Å². The third-order valence-electron chi connectivity index (χ3n) is 3.07. The number of aromatic nitrogens is 2. The fourth-order valence-corrected chi connectivity index (χ4v) is 2.09.